The zero-order valence-electron chi connectivity index (χ0n) is 13.1. The molecule has 0 aliphatic rings. The molecule has 0 bridgehead atoms. The first-order valence-corrected chi connectivity index (χ1v) is 7.48. The minimum Gasteiger partial charge on any atom is -0.350 e. The Hall–Kier alpha value is -3.08. The zero-order chi connectivity index (χ0) is 15.8. The first kappa shape index (κ1) is 13.6. The van der Waals surface area contributed by atoms with Crippen molar-refractivity contribution in [2.75, 3.05) is 5.43 Å². The van der Waals surface area contributed by atoms with Gasteiger partial charge in [-0.3, -0.25) is 0 Å². The van der Waals surface area contributed by atoms with E-state index in [9.17, 15) is 0 Å². The second-order valence-corrected chi connectivity index (χ2v) is 5.57. The fourth-order valence-corrected chi connectivity index (χ4v) is 2.88. The molecular formula is C18H17N5. The summed E-state index contributed by atoms with van der Waals surface area (Å²) in [6.45, 7) is 0. The van der Waals surface area contributed by atoms with Crippen molar-refractivity contribution in [3.8, 4) is 0 Å². The molecule has 2 aromatic carbocycles. The smallest absolute Gasteiger partial charge is 0.224 e. The normalized spacial score (nSPS) is 11.7. The summed E-state index contributed by atoms with van der Waals surface area (Å²) < 4.78 is 4.10. The maximum Gasteiger partial charge on any atom is 0.224 e. The van der Waals surface area contributed by atoms with Crippen LogP contribution in [0.2, 0.25) is 0 Å². The number of para-hydroxylation sites is 3. The van der Waals surface area contributed by atoms with Crippen molar-refractivity contribution in [3.05, 3.63) is 60.3 Å². The van der Waals surface area contributed by atoms with E-state index < -0.39 is 0 Å². The summed E-state index contributed by atoms with van der Waals surface area (Å²) in [6.07, 6.45) is 3.91. The number of nitrogens with zero attached hydrogens (tertiary/aromatic N) is 4. The Kier molecular flexibility index (Phi) is 3.12. The van der Waals surface area contributed by atoms with Gasteiger partial charge in [0.05, 0.1) is 17.2 Å². The molecule has 4 rings (SSSR count). The molecule has 2 heterocycles. The van der Waals surface area contributed by atoms with E-state index in [1.54, 1.807) is 0 Å². The molecule has 0 saturated heterocycles. The largest absolute Gasteiger partial charge is 0.350 e. The van der Waals surface area contributed by atoms with Crippen LogP contribution < -0.4 is 5.43 Å². The lowest BCUT2D eigenvalue weighted by atomic mass is 10.2. The van der Waals surface area contributed by atoms with Crippen molar-refractivity contribution >= 4 is 34.1 Å². The molecule has 0 spiro atoms. The Morgan fingerprint density at radius 1 is 1.00 bits per heavy atom. The Morgan fingerprint density at radius 2 is 1.74 bits per heavy atom. The number of rotatable bonds is 3. The third-order valence-electron chi connectivity index (χ3n) is 4.08. The molecule has 23 heavy (non-hydrogen) atoms. The van der Waals surface area contributed by atoms with Gasteiger partial charge in [-0.05, 0) is 18.2 Å². The highest BCUT2D eigenvalue weighted by atomic mass is 15.4. The monoisotopic (exact) mass is 303 g/mol. The third kappa shape index (κ3) is 2.26. The fourth-order valence-electron chi connectivity index (χ4n) is 2.88. The van der Waals surface area contributed by atoms with Crippen molar-refractivity contribution in [3.63, 3.8) is 0 Å². The second-order valence-electron chi connectivity index (χ2n) is 5.57. The van der Waals surface area contributed by atoms with Crippen LogP contribution in [0.4, 0.5) is 5.95 Å². The van der Waals surface area contributed by atoms with Crippen molar-refractivity contribution < 1.29 is 0 Å². The summed E-state index contributed by atoms with van der Waals surface area (Å²) in [4.78, 5) is 4.54. The van der Waals surface area contributed by atoms with Gasteiger partial charge in [-0.2, -0.15) is 5.10 Å². The quantitative estimate of drug-likeness (QED) is 0.465. The third-order valence-corrected chi connectivity index (χ3v) is 4.08. The van der Waals surface area contributed by atoms with Gasteiger partial charge in [0, 0.05) is 36.8 Å². The van der Waals surface area contributed by atoms with Gasteiger partial charge in [-0.25, -0.2) is 10.4 Å². The molecule has 0 saturated carbocycles. The highest BCUT2D eigenvalue weighted by Gasteiger charge is 2.06. The second kappa shape index (κ2) is 5.28. The molecule has 0 fully saturated rings. The lowest BCUT2D eigenvalue weighted by molar-refractivity contribution is 0.943. The van der Waals surface area contributed by atoms with Gasteiger partial charge >= 0.3 is 0 Å². The average Bonchev–Trinajstić information content (AvgIpc) is 3.07. The van der Waals surface area contributed by atoms with E-state index in [4.69, 9.17) is 0 Å². The molecule has 0 amide bonds. The number of benzene rings is 2. The first-order valence-electron chi connectivity index (χ1n) is 7.48. The number of hydrogen-bond acceptors (Lipinski definition) is 3. The van der Waals surface area contributed by atoms with Gasteiger partial charge in [0.15, 0.2) is 0 Å². The van der Waals surface area contributed by atoms with Crippen molar-refractivity contribution in [2.24, 2.45) is 19.2 Å². The standard InChI is InChI=1S/C18H17N5/c1-22-12-13(14-7-3-5-9-16(14)22)11-19-21-18-20-15-8-4-6-10-17(15)23(18)2/h3-12H,1-2H3,(H,20,21)/b19-11-. The molecular weight excluding hydrogens is 286 g/mol. The summed E-state index contributed by atoms with van der Waals surface area (Å²) >= 11 is 0. The number of anilines is 1. The molecule has 0 aliphatic carbocycles. The maximum absolute atomic E-state index is 4.54. The number of hydrogen-bond donors (Lipinski definition) is 1. The Labute approximate surface area is 133 Å². The molecule has 1 N–H and O–H groups in total. The summed E-state index contributed by atoms with van der Waals surface area (Å²) in [6, 6.07) is 16.3. The van der Waals surface area contributed by atoms with Crippen LogP contribution in [0.1, 0.15) is 5.56 Å². The molecule has 2 aromatic heterocycles. The number of hydrazone groups is 1. The minimum absolute atomic E-state index is 0.725. The van der Waals surface area contributed by atoms with E-state index in [1.807, 2.05) is 61.3 Å². The summed E-state index contributed by atoms with van der Waals surface area (Å²) in [5.74, 6) is 0.725. The lowest BCUT2D eigenvalue weighted by Crippen LogP contribution is -1.98. The predicted molar refractivity (Wildman–Crippen MR) is 94.8 cm³/mol. The number of imidazole rings is 1. The average molecular weight is 303 g/mol. The van der Waals surface area contributed by atoms with Crippen LogP contribution >= 0.6 is 0 Å². The van der Waals surface area contributed by atoms with E-state index in [1.165, 1.54) is 10.9 Å². The van der Waals surface area contributed by atoms with E-state index >= 15 is 0 Å². The van der Waals surface area contributed by atoms with Gasteiger partial charge in [-0.15, -0.1) is 0 Å². The molecule has 5 nitrogen and oxygen atoms in total. The Bertz CT molecular complexity index is 1020. The van der Waals surface area contributed by atoms with Gasteiger partial charge in [0.1, 0.15) is 0 Å². The van der Waals surface area contributed by atoms with Gasteiger partial charge in [0.2, 0.25) is 5.95 Å². The molecule has 5 heteroatoms. The van der Waals surface area contributed by atoms with Gasteiger partial charge in [0.25, 0.3) is 0 Å². The van der Waals surface area contributed by atoms with E-state index in [0.29, 0.717) is 0 Å². The van der Waals surface area contributed by atoms with Crippen LogP contribution in [0.25, 0.3) is 21.9 Å². The summed E-state index contributed by atoms with van der Waals surface area (Å²) in [5.41, 5.74) is 7.34. The molecule has 0 radical (unpaired) electrons. The lowest BCUT2D eigenvalue weighted by Gasteiger charge is -2.00. The van der Waals surface area contributed by atoms with Crippen LogP contribution in [0.5, 0.6) is 0 Å². The molecule has 4 aromatic rings. The van der Waals surface area contributed by atoms with Crippen LogP contribution in [-0.4, -0.2) is 20.3 Å². The van der Waals surface area contributed by atoms with Crippen LogP contribution in [-0.2, 0) is 14.1 Å². The Morgan fingerprint density at radius 3 is 2.57 bits per heavy atom. The topological polar surface area (TPSA) is 47.1 Å². The predicted octanol–water partition coefficient (Wildman–Crippen LogP) is 3.51. The Balaban J connectivity index is 1.64. The van der Waals surface area contributed by atoms with Crippen LogP contribution in [0, 0.1) is 0 Å². The van der Waals surface area contributed by atoms with Gasteiger partial charge < -0.3 is 9.13 Å². The van der Waals surface area contributed by atoms with Crippen molar-refractivity contribution in [2.45, 2.75) is 0 Å². The number of nitrogens with one attached hydrogen (secondary N) is 1. The SMILES string of the molecule is Cn1cc(/C=N\Nc2nc3ccccc3n2C)c2ccccc21. The van der Waals surface area contributed by atoms with E-state index in [-0.39, 0.29) is 0 Å². The summed E-state index contributed by atoms with van der Waals surface area (Å²) in [5, 5.41) is 5.55. The number of aryl methyl sites for hydroxylation is 2. The van der Waals surface area contributed by atoms with Crippen LogP contribution in [0.3, 0.4) is 0 Å². The van der Waals surface area contributed by atoms with Crippen LogP contribution in [0.15, 0.2) is 59.8 Å². The van der Waals surface area contributed by atoms with E-state index in [2.05, 4.69) is 38.4 Å². The highest BCUT2D eigenvalue weighted by molar-refractivity contribution is 5.99. The molecule has 0 atom stereocenters. The number of aromatic nitrogens is 3. The molecule has 0 unspecified atom stereocenters. The summed E-state index contributed by atoms with van der Waals surface area (Å²) in [7, 11) is 4.02. The highest BCUT2D eigenvalue weighted by Crippen LogP contribution is 2.19. The molecule has 0 aliphatic heterocycles. The molecule has 114 valence electrons. The maximum atomic E-state index is 4.54. The number of fused-ring (bicyclic) bond motifs is 2. The zero-order valence-corrected chi connectivity index (χ0v) is 13.1. The van der Waals surface area contributed by atoms with Crippen molar-refractivity contribution in [1.29, 1.82) is 0 Å². The fraction of sp³-hybridized carbons (Fsp3) is 0.111. The minimum atomic E-state index is 0.725. The van der Waals surface area contributed by atoms with Crippen molar-refractivity contribution in [1.82, 2.24) is 14.1 Å². The first-order chi connectivity index (χ1) is 11.2. The van der Waals surface area contributed by atoms with E-state index in [0.717, 1.165) is 22.5 Å². The van der Waals surface area contributed by atoms with Gasteiger partial charge in [-0.1, -0.05) is 30.3 Å².